The minimum Gasteiger partial charge on any atom is -0.329 e. The maximum absolute atomic E-state index is 13.2. The number of carbonyl (C=O) groups is 1. The second-order valence-electron chi connectivity index (χ2n) is 7.10. The van der Waals surface area contributed by atoms with Gasteiger partial charge >= 0.3 is 0 Å². The highest BCUT2D eigenvalue weighted by Gasteiger charge is 2.36. The first kappa shape index (κ1) is 17.3. The van der Waals surface area contributed by atoms with Crippen molar-refractivity contribution in [3.63, 3.8) is 0 Å². The van der Waals surface area contributed by atoms with Crippen molar-refractivity contribution >= 4 is 15.7 Å². The van der Waals surface area contributed by atoms with Crippen LogP contribution < -0.4 is 0 Å². The molecule has 0 saturated carbocycles. The minimum atomic E-state index is -3.17. The Hall–Kier alpha value is -2.15. The normalized spacial score (nSPS) is 21.6. The summed E-state index contributed by atoms with van der Waals surface area (Å²) in [6.45, 7) is 2.90. The lowest BCUT2D eigenvalue weighted by Crippen LogP contribution is -2.46. The van der Waals surface area contributed by atoms with E-state index in [0.717, 1.165) is 24.8 Å². The monoisotopic (exact) mass is 373 g/mol. The largest absolute Gasteiger partial charge is 0.329 e. The number of nitrogens with zero attached hydrogens (tertiary/aromatic N) is 3. The van der Waals surface area contributed by atoms with Gasteiger partial charge < -0.3 is 4.90 Å². The molecule has 26 heavy (non-hydrogen) atoms. The zero-order chi connectivity index (χ0) is 18.3. The summed E-state index contributed by atoms with van der Waals surface area (Å²) in [5.41, 5.74) is 4.00. The van der Waals surface area contributed by atoms with Gasteiger partial charge in [-0.1, -0.05) is 6.07 Å². The quantitative estimate of drug-likeness (QED) is 0.825. The Morgan fingerprint density at radius 3 is 2.85 bits per heavy atom. The lowest BCUT2D eigenvalue weighted by Gasteiger charge is -2.35. The zero-order valence-electron chi connectivity index (χ0n) is 14.9. The van der Waals surface area contributed by atoms with Gasteiger partial charge in [-0.3, -0.25) is 9.48 Å². The first-order valence-electron chi connectivity index (χ1n) is 9.12. The van der Waals surface area contributed by atoms with E-state index < -0.39 is 15.9 Å². The van der Waals surface area contributed by atoms with Crippen LogP contribution in [-0.2, 0) is 29.2 Å². The Morgan fingerprint density at radius 2 is 2.08 bits per heavy atom. The molecule has 0 N–H and O–H groups in total. The molecular formula is C19H23N3O3S. The standard InChI is InChI=1S/C19H23N3O3S/c1-2-21-12-17(11-20-21)18-13-26(24,25)9-8-22(18)19(23)16-7-6-14-4-3-5-15(14)10-16/h6-7,10-12,18H,2-5,8-9,13H2,1H3/t18-/m0/s1. The molecule has 1 aliphatic carbocycles. The van der Waals surface area contributed by atoms with E-state index in [9.17, 15) is 13.2 Å². The van der Waals surface area contributed by atoms with Gasteiger partial charge in [0.25, 0.3) is 5.91 Å². The van der Waals surface area contributed by atoms with Crippen LogP contribution in [-0.4, -0.2) is 47.1 Å². The van der Waals surface area contributed by atoms with Crippen molar-refractivity contribution in [1.82, 2.24) is 14.7 Å². The van der Waals surface area contributed by atoms with Gasteiger partial charge in [0.2, 0.25) is 0 Å². The number of sulfone groups is 1. The summed E-state index contributed by atoms with van der Waals surface area (Å²) >= 11 is 0. The Kier molecular flexibility index (Phi) is 4.34. The highest BCUT2D eigenvalue weighted by Crippen LogP contribution is 2.30. The van der Waals surface area contributed by atoms with Crippen LogP contribution in [0.3, 0.4) is 0 Å². The molecule has 1 aromatic heterocycles. The van der Waals surface area contributed by atoms with Crippen molar-refractivity contribution in [2.45, 2.75) is 38.8 Å². The van der Waals surface area contributed by atoms with Crippen LogP contribution in [0.4, 0.5) is 0 Å². The van der Waals surface area contributed by atoms with E-state index in [0.29, 0.717) is 12.1 Å². The van der Waals surface area contributed by atoms with Crippen molar-refractivity contribution in [3.8, 4) is 0 Å². The molecule has 1 aliphatic heterocycles. The van der Waals surface area contributed by atoms with Crippen LogP contribution in [0.15, 0.2) is 30.6 Å². The van der Waals surface area contributed by atoms with Gasteiger partial charge in [0.05, 0.1) is 23.7 Å². The Balaban J connectivity index is 1.67. The Bertz CT molecular complexity index is 949. The average molecular weight is 373 g/mol. The number of rotatable bonds is 3. The average Bonchev–Trinajstić information content (AvgIpc) is 3.28. The molecular weight excluding hydrogens is 350 g/mol. The van der Waals surface area contributed by atoms with E-state index >= 15 is 0 Å². The first-order chi connectivity index (χ1) is 12.5. The maximum Gasteiger partial charge on any atom is 0.254 e. The predicted molar refractivity (Wildman–Crippen MR) is 98.8 cm³/mol. The molecule has 4 rings (SSSR count). The topological polar surface area (TPSA) is 72.3 Å². The molecule has 1 saturated heterocycles. The fourth-order valence-corrected chi connectivity index (χ4v) is 5.42. The molecule has 0 bridgehead atoms. The van der Waals surface area contributed by atoms with E-state index in [1.165, 1.54) is 11.1 Å². The number of aromatic nitrogens is 2. The zero-order valence-corrected chi connectivity index (χ0v) is 15.7. The maximum atomic E-state index is 13.2. The predicted octanol–water partition coefficient (Wildman–Crippen LogP) is 2.00. The highest BCUT2D eigenvalue weighted by atomic mass is 32.2. The summed E-state index contributed by atoms with van der Waals surface area (Å²) < 4.78 is 26.2. The lowest BCUT2D eigenvalue weighted by atomic mass is 10.0. The molecule has 0 radical (unpaired) electrons. The highest BCUT2D eigenvalue weighted by molar-refractivity contribution is 7.91. The molecule has 1 amide bonds. The minimum absolute atomic E-state index is 0.0160. The third kappa shape index (κ3) is 3.16. The van der Waals surface area contributed by atoms with Gasteiger partial charge in [0.15, 0.2) is 9.84 Å². The van der Waals surface area contributed by atoms with Gasteiger partial charge in [-0.15, -0.1) is 0 Å². The van der Waals surface area contributed by atoms with Crippen LogP contribution in [0, 0.1) is 0 Å². The van der Waals surface area contributed by atoms with Crippen molar-refractivity contribution in [1.29, 1.82) is 0 Å². The summed E-state index contributed by atoms with van der Waals surface area (Å²) in [6.07, 6.45) is 6.74. The van der Waals surface area contributed by atoms with Crippen LogP contribution in [0.2, 0.25) is 0 Å². The number of fused-ring (bicyclic) bond motifs is 1. The van der Waals surface area contributed by atoms with E-state index in [1.807, 2.05) is 31.3 Å². The van der Waals surface area contributed by atoms with Crippen LogP contribution >= 0.6 is 0 Å². The van der Waals surface area contributed by atoms with E-state index in [4.69, 9.17) is 0 Å². The fraction of sp³-hybridized carbons (Fsp3) is 0.474. The van der Waals surface area contributed by atoms with Gasteiger partial charge in [-0.05, 0) is 49.4 Å². The van der Waals surface area contributed by atoms with Crippen LogP contribution in [0.1, 0.15) is 46.4 Å². The van der Waals surface area contributed by atoms with E-state index in [1.54, 1.807) is 15.8 Å². The fourth-order valence-electron chi connectivity index (χ4n) is 3.92. The van der Waals surface area contributed by atoms with Crippen molar-refractivity contribution in [2.24, 2.45) is 0 Å². The summed E-state index contributed by atoms with van der Waals surface area (Å²) in [6, 6.07) is 5.43. The summed E-state index contributed by atoms with van der Waals surface area (Å²) in [5.74, 6) is -0.120. The van der Waals surface area contributed by atoms with Crippen LogP contribution in [0.25, 0.3) is 0 Å². The van der Waals surface area contributed by atoms with Gasteiger partial charge in [0.1, 0.15) is 0 Å². The first-order valence-corrected chi connectivity index (χ1v) is 10.9. The number of hydrogen-bond donors (Lipinski definition) is 0. The molecule has 1 atom stereocenters. The van der Waals surface area contributed by atoms with Gasteiger partial charge in [-0.2, -0.15) is 5.10 Å². The molecule has 1 fully saturated rings. The molecule has 2 heterocycles. The molecule has 7 heteroatoms. The second-order valence-corrected chi connectivity index (χ2v) is 9.32. The third-order valence-electron chi connectivity index (χ3n) is 5.40. The summed E-state index contributed by atoms with van der Waals surface area (Å²) in [4.78, 5) is 14.9. The lowest BCUT2D eigenvalue weighted by molar-refractivity contribution is 0.0697. The van der Waals surface area contributed by atoms with E-state index in [-0.39, 0.29) is 24.0 Å². The molecule has 6 nitrogen and oxygen atoms in total. The van der Waals surface area contributed by atoms with Crippen molar-refractivity contribution in [3.05, 3.63) is 52.8 Å². The van der Waals surface area contributed by atoms with Crippen molar-refractivity contribution < 1.29 is 13.2 Å². The molecule has 2 aromatic rings. The molecule has 0 unspecified atom stereocenters. The van der Waals surface area contributed by atoms with Crippen LogP contribution in [0.5, 0.6) is 0 Å². The number of hydrogen-bond acceptors (Lipinski definition) is 4. The van der Waals surface area contributed by atoms with Gasteiger partial charge in [-0.25, -0.2) is 8.42 Å². The molecule has 0 spiro atoms. The molecule has 138 valence electrons. The number of aryl methyl sites for hydroxylation is 3. The SMILES string of the molecule is CCn1cc([C@@H]2CS(=O)(=O)CCN2C(=O)c2ccc3c(c2)CCC3)cn1. The molecule has 1 aromatic carbocycles. The number of carbonyl (C=O) groups excluding carboxylic acids is 1. The number of benzene rings is 1. The van der Waals surface area contributed by atoms with E-state index in [2.05, 4.69) is 5.10 Å². The second kappa shape index (κ2) is 6.54. The summed E-state index contributed by atoms with van der Waals surface area (Å²) in [7, 11) is -3.17. The Labute approximate surface area is 153 Å². The van der Waals surface area contributed by atoms with Crippen molar-refractivity contribution in [2.75, 3.05) is 18.1 Å². The third-order valence-corrected chi connectivity index (χ3v) is 7.03. The smallest absolute Gasteiger partial charge is 0.254 e. The summed E-state index contributed by atoms with van der Waals surface area (Å²) in [5, 5.41) is 4.26. The Morgan fingerprint density at radius 1 is 1.27 bits per heavy atom. The number of amides is 1. The van der Waals surface area contributed by atoms with Gasteiger partial charge in [0, 0.05) is 30.4 Å². The molecule has 2 aliphatic rings.